The Hall–Kier alpha value is -1.39. The summed E-state index contributed by atoms with van der Waals surface area (Å²) >= 11 is 0. The lowest BCUT2D eigenvalue weighted by Gasteiger charge is -2.33. The monoisotopic (exact) mass is 276 g/mol. The van der Waals surface area contributed by atoms with Crippen LogP contribution in [0.1, 0.15) is 18.9 Å². The molecule has 4 nitrogen and oxygen atoms in total. The number of β-amino-alcohol motifs (C(OH)–C–C–N with tert-alkyl or cyclic N) is 1. The van der Waals surface area contributed by atoms with Gasteiger partial charge in [-0.3, -0.25) is 9.69 Å². The van der Waals surface area contributed by atoms with Crippen molar-refractivity contribution in [1.82, 2.24) is 10.2 Å². The van der Waals surface area contributed by atoms with Crippen molar-refractivity contribution in [2.45, 2.75) is 25.9 Å². The Bertz CT molecular complexity index is 422. The quantitative estimate of drug-likeness (QED) is 0.845. The van der Waals surface area contributed by atoms with Gasteiger partial charge in [-0.2, -0.15) is 0 Å². The number of amides is 1. The standard InChI is InChI=1S/C16H24N2O2/c1-13-8-10-18(11-15(13)19)12-16(20)17-9-7-14-5-3-2-4-6-14/h2-6,13,15,19H,7-12H2,1H3,(H,17,20). The van der Waals surface area contributed by atoms with Crippen LogP contribution in [-0.2, 0) is 11.2 Å². The van der Waals surface area contributed by atoms with Crippen LogP contribution >= 0.6 is 0 Å². The first-order valence-electron chi connectivity index (χ1n) is 7.36. The third kappa shape index (κ3) is 4.62. The molecule has 1 fully saturated rings. The highest BCUT2D eigenvalue weighted by atomic mass is 16.3. The summed E-state index contributed by atoms with van der Waals surface area (Å²) in [5.74, 6) is 0.384. The number of carbonyl (C=O) groups excluding carboxylic acids is 1. The molecular formula is C16H24N2O2. The number of hydrogen-bond acceptors (Lipinski definition) is 3. The first-order chi connectivity index (χ1) is 9.65. The van der Waals surface area contributed by atoms with Gasteiger partial charge in [0.1, 0.15) is 0 Å². The molecule has 0 aliphatic carbocycles. The van der Waals surface area contributed by atoms with Gasteiger partial charge in [-0.15, -0.1) is 0 Å². The maximum atomic E-state index is 11.9. The zero-order valence-corrected chi connectivity index (χ0v) is 12.1. The first-order valence-corrected chi connectivity index (χ1v) is 7.36. The van der Waals surface area contributed by atoms with E-state index in [1.54, 1.807) is 0 Å². The minimum Gasteiger partial charge on any atom is -0.392 e. The number of rotatable bonds is 5. The molecule has 20 heavy (non-hydrogen) atoms. The normalized spacial score (nSPS) is 23.5. The summed E-state index contributed by atoms with van der Waals surface area (Å²) in [5, 5.41) is 12.8. The van der Waals surface area contributed by atoms with E-state index >= 15 is 0 Å². The summed E-state index contributed by atoms with van der Waals surface area (Å²) in [6, 6.07) is 10.1. The fraction of sp³-hybridized carbons (Fsp3) is 0.562. The largest absolute Gasteiger partial charge is 0.392 e. The number of nitrogens with zero attached hydrogens (tertiary/aromatic N) is 1. The molecule has 4 heteroatoms. The fourth-order valence-electron chi connectivity index (χ4n) is 2.51. The smallest absolute Gasteiger partial charge is 0.234 e. The highest BCUT2D eigenvalue weighted by molar-refractivity contribution is 5.78. The number of aliphatic hydroxyl groups excluding tert-OH is 1. The lowest BCUT2D eigenvalue weighted by atomic mass is 9.96. The third-order valence-corrected chi connectivity index (χ3v) is 3.95. The maximum absolute atomic E-state index is 11.9. The summed E-state index contributed by atoms with van der Waals surface area (Å²) in [4.78, 5) is 13.9. The maximum Gasteiger partial charge on any atom is 0.234 e. The van der Waals surface area contributed by atoms with Crippen molar-refractivity contribution in [2.75, 3.05) is 26.2 Å². The summed E-state index contributed by atoms with van der Waals surface area (Å²) < 4.78 is 0. The molecule has 0 saturated carbocycles. The highest BCUT2D eigenvalue weighted by Crippen LogP contribution is 2.16. The highest BCUT2D eigenvalue weighted by Gasteiger charge is 2.25. The Kier molecular flexibility index (Phi) is 5.56. The van der Waals surface area contributed by atoms with Gasteiger partial charge in [0.2, 0.25) is 5.91 Å². The van der Waals surface area contributed by atoms with Crippen LogP contribution < -0.4 is 5.32 Å². The van der Waals surface area contributed by atoms with Gasteiger partial charge in [0.25, 0.3) is 0 Å². The van der Waals surface area contributed by atoms with Crippen LogP contribution in [0.3, 0.4) is 0 Å². The number of nitrogens with one attached hydrogen (secondary N) is 1. The Labute approximate surface area is 120 Å². The molecule has 0 spiro atoms. The van der Waals surface area contributed by atoms with Gasteiger partial charge < -0.3 is 10.4 Å². The van der Waals surface area contributed by atoms with E-state index in [0.717, 1.165) is 19.4 Å². The molecule has 0 aromatic heterocycles. The van der Waals surface area contributed by atoms with Gasteiger partial charge in [0, 0.05) is 13.1 Å². The molecule has 1 aromatic carbocycles. The van der Waals surface area contributed by atoms with Crippen molar-refractivity contribution in [2.24, 2.45) is 5.92 Å². The SMILES string of the molecule is CC1CCN(CC(=O)NCCc2ccccc2)CC1O. The summed E-state index contributed by atoms with van der Waals surface area (Å²) in [7, 11) is 0. The third-order valence-electron chi connectivity index (χ3n) is 3.95. The molecular weight excluding hydrogens is 252 g/mol. The molecule has 110 valence electrons. The van der Waals surface area contributed by atoms with Crippen molar-refractivity contribution in [3.63, 3.8) is 0 Å². The molecule has 0 bridgehead atoms. The molecule has 2 N–H and O–H groups in total. The van der Waals surface area contributed by atoms with Gasteiger partial charge in [-0.05, 0) is 30.9 Å². The van der Waals surface area contributed by atoms with E-state index in [1.165, 1.54) is 5.56 Å². The Morgan fingerprint density at radius 1 is 1.40 bits per heavy atom. The van der Waals surface area contributed by atoms with Crippen molar-refractivity contribution in [3.8, 4) is 0 Å². The van der Waals surface area contributed by atoms with E-state index in [0.29, 0.717) is 25.6 Å². The second kappa shape index (κ2) is 7.41. The summed E-state index contributed by atoms with van der Waals surface area (Å²) in [6.07, 6.45) is 1.51. The van der Waals surface area contributed by atoms with Gasteiger partial charge in [0.05, 0.1) is 12.6 Å². The number of aliphatic hydroxyl groups is 1. The van der Waals surface area contributed by atoms with Gasteiger partial charge in [-0.25, -0.2) is 0 Å². The van der Waals surface area contributed by atoms with E-state index in [4.69, 9.17) is 0 Å². The van der Waals surface area contributed by atoms with E-state index in [2.05, 4.69) is 24.4 Å². The lowest BCUT2D eigenvalue weighted by molar-refractivity contribution is -0.123. The predicted molar refractivity (Wildman–Crippen MR) is 79.4 cm³/mol. The number of benzene rings is 1. The number of piperidine rings is 1. The van der Waals surface area contributed by atoms with Crippen LogP contribution in [0, 0.1) is 5.92 Å². The minimum absolute atomic E-state index is 0.0442. The Morgan fingerprint density at radius 2 is 2.15 bits per heavy atom. The van der Waals surface area contributed by atoms with Crippen LogP contribution in [-0.4, -0.2) is 48.2 Å². The molecule has 1 aromatic rings. The molecule has 2 atom stereocenters. The molecule has 1 aliphatic rings. The second-order valence-electron chi connectivity index (χ2n) is 5.65. The predicted octanol–water partition coefficient (Wildman–Crippen LogP) is 1.05. The van der Waals surface area contributed by atoms with Gasteiger partial charge in [0.15, 0.2) is 0 Å². The van der Waals surface area contributed by atoms with E-state index in [9.17, 15) is 9.90 Å². The lowest BCUT2D eigenvalue weighted by Crippen LogP contribution is -2.47. The van der Waals surface area contributed by atoms with Crippen LogP contribution in [0.25, 0.3) is 0 Å². The van der Waals surface area contributed by atoms with Crippen LogP contribution in [0.2, 0.25) is 0 Å². The zero-order valence-electron chi connectivity index (χ0n) is 12.1. The molecule has 1 aliphatic heterocycles. The average Bonchev–Trinajstić information content (AvgIpc) is 2.44. The average molecular weight is 276 g/mol. The fourth-order valence-corrected chi connectivity index (χ4v) is 2.51. The topological polar surface area (TPSA) is 52.6 Å². The molecule has 1 saturated heterocycles. The number of hydrogen-bond donors (Lipinski definition) is 2. The number of likely N-dealkylation sites (tertiary alicyclic amines) is 1. The molecule has 1 amide bonds. The molecule has 1 heterocycles. The first kappa shape index (κ1) is 15.0. The van der Waals surface area contributed by atoms with Gasteiger partial charge >= 0.3 is 0 Å². The summed E-state index contributed by atoms with van der Waals surface area (Å²) in [6.45, 7) is 4.60. The minimum atomic E-state index is -0.305. The van der Waals surface area contributed by atoms with E-state index < -0.39 is 0 Å². The summed E-state index contributed by atoms with van der Waals surface area (Å²) in [5.41, 5.74) is 1.23. The number of carbonyl (C=O) groups is 1. The van der Waals surface area contributed by atoms with E-state index in [-0.39, 0.29) is 12.0 Å². The van der Waals surface area contributed by atoms with Crippen molar-refractivity contribution in [3.05, 3.63) is 35.9 Å². The molecule has 2 rings (SSSR count). The van der Waals surface area contributed by atoms with Crippen molar-refractivity contribution in [1.29, 1.82) is 0 Å². The zero-order chi connectivity index (χ0) is 14.4. The Balaban J connectivity index is 1.66. The Morgan fingerprint density at radius 3 is 2.85 bits per heavy atom. The van der Waals surface area contributed by atoms with Gasteiger partial charge in [-0.1, -0.05) is 37.3 Å². The van der Waals surface area contributed by atoms with Crippen LogP contribution in [0.15, 0.2) is 30.3 Å². The molecule has 0 radical (unpaired) electrons. The van der Waals surface area contributed by atoms with Crippen molar-refractivity contribution >= 4 is 5.91 Å². The van der Waals surface area contributed by atoms with E-state index in [1.807, 2.05) is 23.1 Å². The van der Waals surface area contributed by atoms with Crippen LogP contribution in [0.4, 0.5) is 0 Å². The van der Waals surface area contributed by atoms with Crippen LogP contribution in [0.5, 0.6) is 0 Å². The second-order valence-corrected chi connectivity index (χ2v) is 5.65. The molecule has 2 unspecified atom stereocenters. The van der Waals surface area contributed by atoms with Crippen molar-refractivity contribution < 1.29 is 9.90 Å².